The maximum absolute atomic E-state index is 13.0. The molecule has 3 amide bonds. The van der Waals surface area contributed by atoms with Crippen LogP contribution in [0.2, 0.25) is 0 Å². The summed E-state index contributed by atoms with van der Waals surface area (Å²) in [6, 6.07) is 9.46. The van der Waals surface area contributed by atoms with Gasteiger partial charge in [0.05, 0.1) is 31.6 Å². The smallest absolute Gasteiger partial charge is 0.338 e. The molecule has 10 nitrogen and oxygen atoms in total. The molecule has 2 aliphatic heterocycles. The Hall–Kier alpha value is -3.79. The summed E-state index contributed by atoms with van der Waals surface area (Å²) in [5, 5.41) is 5.63. The highest BCUT2D eigenvalue weighted by Crippen LogP contribution is 2.29. The predicted molar refractivity (Wildman–Crippen MR) is 122 cm³/mol. The minimum atomic E-state index is -0.657. The average molecular weight is 469 g/mol. The van der Waals surface area contributed by atoms with E-state index < -0.39 is 18.0 Å². The number of rotatable bonds is 7. The fourth-order valence-electron chi connectivity index (χ4n) is 4.13. The van der Waals surface area contributed by atoms with Crippen LogP contribution in [0, 0.1) is 0 Å². The zero-order valence-corrected chi connectivity index (χ0v) is 19.2. The summed E-state index contributed by atoms with van der Waals surface area (Å²) in [6.07, 6.45) is 1.48. The molecule has 2 N–H and O–H groups in total. The molecule has 0 aliphatic carbocycles. The number of hydrogen-bond acceptors (Lipinski definition) is 7. The summed E-state index contributed by atoms with van der Waals surface area (Å²) < 4.78 is 15.8. The molecule has 1 saturated heterocycles. The van der Waals surface area contributed by atoms with E-state index in [4.69, 9.17) is 13.9 Å². The van der Waals surface area contributed by atoms with Crippen LogP contribution < -0.4 is 15.4 Å². The van der Waals surface area contributed by atoms with Gasteiger partial charge in [0.15, 0.2) is 5.76 Å². The number of piperazine rings is 1. The summed E-state index contributed by atoms with van der Waals surface area (Å²) in [5.74, 6) is 0.352. The highest BCUT2D eigenvalue weighted by atomic mass is 16.5. The summed E-state index contributed by atoms with van der Waals surface area (Å²) in [6.45, 7) is 4.49. The molecule has 0 unspecified atom stereocenters. The van der Waals surface area contributed by atoms with Gasteiger partial charge in [0.2, 0.25) is 0 Å². The summed E-state index contributed by atoms with van der Waals surface area (Å²) in [4.78, 5) is 41.8. The molecule has 1 atom stereocenters. The van der Waals surface area contributed by atoms with Crippen LogP contribution in [0.4, 0.5) is 4.79 Å². The van der Waals surface area contributed by atoms with Gasteiger partial charge < -0.3 is 29.4 Å². The number of urea groups is 1. The van der Waals surface area contributed by atoms with Gasteiger partial charge in [-0.25, -0.2) is 9.59 Å². The molecule has 10 heteroatoms. The Bertz CT molecular complexity index is 1060. The summed E-state index contributed by atoms with van der Waals surface area (Å²) >= 11 is 0. The SMILES string of the molecule is CCOC(=O)C1=C(CN2CCN(C(=O)c3ccco3)CC2)NC(=O)N[C@@H]1c1ccc(OC)cc1. The highest BCUT2D eigenvalue weighted by molar-refractivity contribution is 5.95. The minimum Gasteiger partial charge on any atom is -0.497 e. The largest absolute Gasteiger partial charge is 0.497 e. The third-order valence-electron chi connectivity index (χ3n) is 5.87. The van der Waals surface area contributed by atoms with Crippen molar-refractivity contribution in [3.05, 3.63) is 65.3 Å². The Kier molecular flexibility index (Phi) is 7.17. The number of carbonyl (C=O) groups excluding carboxylic acids is 3. The third kappa shape index (κ3) is 5.07. The topological polar surface area (TPSA) is 113 Å². The molecular formula is C24H28N4O6. The van der Waals surface area contributed by atoms with Crippen molar-refractivity contribution >= 4 is 17.9 Å². The van der Waals surface area contributed by atoms with E-state index >= 15 is 0 Å². The molecule has 0 spiro atoms. The summed E-state index contributed by atoms with van der Waals surface area (Å²) in [5.41, 5.74) is 1.60. The third-order valence-corrected chi connectivity index (χ3v) is 5.87. The van der Waals surface area contributed by atoms with Crippen LogP contribution in [0.5, 0.6) is 5.75 Å². The van der Waals surface area contributed by atoms with Gasteiger partial charge in [0, 0.05) is 38.4 Å². The lowest BCUT2D eigenvalue weighted by Gasteiger charge is -2.36. The number of nitrogens with zero attached hydrogens (tertiary/aromatic N) is 2. The monoisotopic (exact) mass is 468 g/mol. The van der Waals surface area contributed by atoms with Gasteiger partial charge in [-0.05, 0) is 36.8 Å². The van der Waals surface area contributed by atoms with Gasteiger partial charge in [0.25, 0.3) is 5.91 Å². The standard InChI is InChI=1S/C24H28N4O6/c1-3-33-23(30)20-18(25-24(31)26-21(20)16-6-8-17(32-2)9-7-16)15-27-10-12-28(13-11-27)22(29)19-5-4-14-34-19/h4-9,14,21H,3,10-13,15H2,1-2H3,(H2,25,26,31)/t21-/m1/s1. The van der Waals surface area contributed by atoms with Crippen LogP contribution in [-0.2, 0) is 9.53 Å². The number of nitrogens with one attached hydrogen (secondary N) is 2. The van der Waals surface area contributed by atoms with E-state index in [1.165, 1.54) is 6.26 Å². The number of ether oxygens (including phenoxy) is 2. The van der Waals surface area contributed by atoms with Crippen molar-refractivity contribution < 1.29 is 28.3 Å². The van der Waals surface area contributed by atoms with Crippen molar-refractivity contribution in [2.45, 2.75) is 13.0 Å². The maximum Gasteiger partial charge on any atom is 0.338 e. The fourth-order valence-corrected chi connectivity index (χ4v) is 4.13. The first-order valence-electron chi connectivity index (χ1n) is 11.2. The van der Waals surface area contributed by atoms with Gasteiger partial charge in [-0.15, -0.1) is 0 Å². The average Bonchev–Trinajstić information content (AvgIpc) is 3.39. The number of hydrogen-bond donors (Lipinski definition) is 2. The van der Waals surface area contributed by atoms with Crippen molar-refractivity contribution in [2.75, 3.05) is 46.4 Å². The second-order valence-electron chi connectivity index (χ2n) is 7.96. The molecule has 2 aromatic rings. The Morgan fingerprint density at radius 2 is 1.85 bits per heavy atom. The molecule has 0 saturated carbocycles. The van der Waals surface area contributed by atoms with Crippen LogP contribution >= 0.6 is 0 Å². The molecule has 1 fully saturated rings. The van der Waals surface area contributed by atoms with Crippen LogP contribution in [0.1, 0.15) is 29.1 Å². The van der Waals surface area contributed by atoms with Gasteiger partial charge >= 0.3 is 12.0 Å². The van der Waals surface area contributed by atoms with E-state index in [1.54, 1.807) is 43.2 Å². The second kappa shape index (κ2) is 10.4. The van der Waals surface area contributed by atoms with Gasteiger partial charge in [0.1, 0.15) is 5.75 Å². The first-order valence-corrected chi connectivity index (χ1v) is 11.2. The molecule has 34 heavy (non-hydrogen) atoms. The van der Waals surface area contributed by atoms with E-state index in [1.807, 2.05) is 12.1 Å². The first kappa shape index (κ1) is 23.4. The van der Waals surface area contributed by atoms with Crippen molar-refractivity contribution in [3.8, 4) is 5.75 Å². The van der Waals surface area contributed by atoms with E-state index in [9.17, 15) is 14.4 Å². The van der Waals surface area contributed by atoms with Crippen LogP contribution in [0.3, 0.4) is 0 Å². The number of benzene rings is 1. The fraction of sp³-hybridized carbons (Fsp3) is 0.375. The molecule has 0 bridgehead atoms. The molecule has 2 aliphatic rings. The van der Waals surface area contributed by atoms with E-state index in [0.29, 0.717) is 55.5 Å². The number of esters is 1. The lowest BCUT2D eigenvalue weighted by molar-refractivity contribution is -0.139. The Labute approximate surface area is 197 Å². The number of amides is 3. The molecule has 4 rings (SSSR count). The van der Waals surface area contributed by atoms with E-state index in [0.717, 1.165) is 5.56 Å². The number of carbonyl (C=O) groups is 3. The van der Waals surface area contributed by atoms with Gasteiger partial charge in [-0.2, -0.15) is 0 Å². The Morgan fingerprint density at radius 3 is 2.47 bits per heavy atom. The molecule has 1 aromatic heterocycles. The molecule has 0 radical (unpaired) electrons. The first-order chi connectivity index (χ1) is 16.5. The van der Waals surface area contributed by atoms with Crippen LogP contribution in [0.25, 0.3) is 0 Å². The normalized spacial score (nSPS) is 18.8. The molecule has 3 heterocycles. The minimum absolute atomic E-state index is 0.147. The molecular weight excluding hydrogens is 440 g/mol. The van der Waals surface area contributed by atoms with Crippen molar-refractivity contribution in [1.29, 1.82) is 0 Å². The van der Waals surface area contributed by atoms with Crippen LogP contribution in [-0.4, -0.2) is 74.1 Å². The Morgan fingerprint density at radius 1 is 1.12 bits per heavy atom. The second-order valence-corrected chi connectivity index (χ2v) is 7.96. The molecule has 1 aromatic carbocycles. The maximum atomic E-state index is 13.0. The van der Waals surface area contributed by atoms with Crippen molar-refractivity contribution in [2.24, 2.45) is 0 Å². The van der Waals surface area contributed by atoms with Gasteiger partial charge in [-0.3, -0.25) is 9.69 Å². The zero-order chi connectivity index (χ0) is 24.1. The van der Waals surface area contributed by atoms with Gasteiger partial charge in [-0.1, -0.05) is 12.1 Å². The lowest BCUT2D eigenvalue weighted by atomic mass is 9.94. The predicted octanol–water partition coefficient (Wildman–Crippen LogP) is 1.92. The quantitative estimate of drug-likeness (QED) is 0.597. The van der Waals surface area contributed by atoms with E-state index in [2.05, 4.69) is 15.5 Å². The Balaban J connectivity index is 1.53. The van der Waals surface area contributed by atoms with Crippen molar-refractivity contribution in [3.63, 3.8) is 0 Å². The zero-order valence-electron chi connectivity index (χ0n) is 19.2. The number of furan rings is 1. The van der Waals surface area contributed by atoms with E-state index in [-0.39, 0.29) is 12.5 Å². The highest BCUT2D eigenvalue weighted by Gasteiger charge is 2.35. The lowest BCUT2D eigenvalue weighted by Crippen LogP contribution is -2.52. The van der Waals surface area contributed by atoms with Crippen molar-refractivity contribution in [1.82, 2.24) is 20.4 Å². The van der Waals surface area contributed by atoms with Crippen LogP contribution in [0.15, 0.2) is 58.3 Å². The molecule has 180 valence electrons. The number of methoxy groups -OCH3 is 1. The summed E-state index contributed by atoms with van der Waals surface area (Å²) in [7, 11) is 1.57.